The molecule has 0 aromatic heterocycles. The van der Waals surface area contributed by atoms with Gasteiger partial charge >= 0.3 is 0 Å². The Kier molecular flexibility index (Phi) is 6.78. The maximum Gasteiger partial charge on any atom is 0.163 e. The van der Waals surface area contributed by atoms with E-state index in [0.717, 1.165) is 69.5 Å². The predicted octanol–water partition coefficient (Wildman–Crippen LogP) is 7.98. The molecule has 5 heterocycles. The zero-order valence-electron chi connectivity index (χ0n) is 26.9. The van der Waals surface area contributed by atoms with E-state index in [1.165, 1.54) is 16.7 Å². The molecule has 2 aromatic rings. The van der Waals surface area contributed by atoms with E-state index in [1.54, 1.807) is 7.11 Å². The molecule has 0 amide bonds. The van der Waals surface area contributed by atoms with E-state index in [-0.39, 0.29) is 22.9 Å². The van der Waals surface area contributed by atoms with Crippen molar-refractivity contribution in [3.8, 4) is 0 Å². The van der Waals surface area contributed by atoms with Crippen LogP contribution in [0, 0.1) is 24.7 Å². The third kappa shape index (κ3) is 5.13. The quantitative estimate of drug-likeness (QED) is 0.386. The second kappa shape index (κ2) is 10.4. The Balaban J connectivity index is 1.41. The van der Waals surface area contributed by atoms with Gasteiger partial charge in [0.15, 0.2) is 5.76 Å². The molecule has 2 fully saturated rings. The van der Waals surface area contributed by atoms with E-state index >= 15 is 0 Å². The molecule has 2 atom stereocenters. The highest BCUT2D eigenvalue weighted by atomic mass is 16.5. The molecular formula is C39H42N4O. The van der Waals surface area contributed by atoms with Gasteiger partial charge in [0, 0.05) is 40.8 Å². The number of nitrogens with zero attached hydrogens (tertiary/aromatic N) is 2. The number of fused-ring (bicyclic) bond motifs is 6. The van der Waals surface area contributed by atoms with Crippen LogP contribution in [0.1, 0.15) is 62.8 Å². The molecular weight excluding hydrogens is 540 g/mol. The van der Waals surface area contributed by atoms with Gasteiger partial charge in [-0.25, -0.2) is 9.98 Å². The van der Waals surface area contributed by atoms with E-state index in [9.17, 15) is 0 Å². The third-order valence-electron chi connectivity index (χ3n) is 9.64. The lowest BCUT2D eigenvalue weighted by Gasteiger charge is -2.24. The minimum atomic E-state index is -0.133. The Bertz CT molecular complexity index is 1790. The molecule has 5 aliphatic rings. The van der Waals surface area contributed by atoms with E-state index in [2.05, 4.69) is 131 Å². The summed E-state index contributed by atoms with van der Waals surface area (Å²) < 4.78 is 6.14. The van der Waals surface area contributed by atoms with Crippen molar-refractivity contribution in [2.45, 2.75) is 66.5 Å². The van der Waals surface area contributed by atoms with Gasteiger partial charge in [-0.15, -0.1) is 0 Å². The number of benzene rings is 2. The van der Waals surface area contributed by atoms with Crippen LogP contribution in [0.25, 0.3) is 11.1 Å². The van der Waals surface area contributed by atoms with Gasteiger partial charge in [0.05, 0.1) is 29.9 Å². The Morgan fingerprint density at radius 3 is 2.09 bits per heavy atom. The maximum atomic E-state index is 6.14. The molecule has 0 spiro atoms. The lowest BCUT2D eigenvalue weighted by Crippen LogP contribution is -2.32. The highest BCUT2D eigenvalue weighted by Gasteiger charge is 2.40. The minimum absolute atomic E-state index is 0.0309. The van der Waals surface area contributed by atoms with Crippen LogP contribution in [0.4, 0.5) is 0 Å². The molecule has 0 saturated carbocycles. The van der Waals surface area contributed by atoms with Gasteiger partial charge in [-0.1, -0.05) is 87.4 Å². The van der Waals surface area contributed by atoms with Gasteiger partial charge < -0.3 is 15.4 Å². The Morgan fingerprint density at radius 1 is 0.773 bits per heavy atom. The van der Waals surface area contributed by atoms with Crippen LogP contribution < -0.4 is 10.6 Å². The number of hydrogen-bond donors (Lipinski definition) is 2. The van der Waals surface area contributed by atoms with Crippen molar-refractivity contribution in [2.24, 2.45) is 20.8 Å². The first-order valence-corrected chi connectivity index (χ1v) is 15.7. The van der Waals surface area contributed by atoms with Crippen LogP contribution in [0.5, 0.6) is 0 Å². The summed E-state index contributed by atoms with van der Waals surface area (Å²) >= 11 is 0. The molecule has 224 valence electrons. The van der Waals surface area contributed by atoms with Gasteiger partial charge in [-0.2, -0.15) is 0 Å². The molecule has 5 aliphatic heterocycles. The largest absolute Gasteiger partial charge is 0.493 e. The van der Waals surface area contributed by atoms with Crippen molar-refractivity contribution in [1.82, 2.24) is 10.6 Å². The molecule has 44 heavy (non-hydrogen) atoms. The van der Waals surface area contributed by atoms with Crippen molar-refractivity contribution in [3.63, 3.8) is 0 Å². The van der Waals surface area contributed by atoms with Crippen LogP contribution in [-0.4, -0.2) is 30.6 Å². The third-order valence-corrected chi connectivity index (χ3v) is 9.64. The number of hydrogen-bond acceptors (Lipinski definition) is 5. The van der Waals surface area contributed by atoms with Gasteiger partial charge in [-0.3, -0.25) is 0 Å². The van der Waals surface area contributed by atoms with Crippen LogP contribution >= 0.6 is 0 Å². The summed E-state index contributed by atoms with van der Waals surface area (Å²) in [5, 5.41) is 7.68. The second-order valence-corrected chi connectivity index (χ2v) is 14.2. The lowest BCUT2D eigenvalue weighted by atomic mass is 9.83. The number of aliphatic imine (C=N–C) groups is 2. The van der Waals surface area contributed by atoms with Gasteiger partial charge in [0.1, 0.15) is 5.71 Å². The molecule has 5 heteroatoms. The highest BCUT2D eigenvalue weighted by Crippen LogP contribution is 2.43. The molecule has 2 N–H and O–H groups in total. The monoisotopic (exact) mass is 582 g/mol. The zero-order valence-corrected chi connectivity index (χ0v) is 26.9. The molecule has 2 aromatic carbocycles. The Hall–Kier alpha value is -4.22. The van der Waals surface area contributed by atoms with Crippen LogP contribution in [0.2, 0.25) is 0 Å². The van der Waals surface area contributed by atoms with Crippen molar-refractivity contribution in [1.29, 1.82) is 0 Å². The zero-order chi connectivity index (χ0) is 30.8. The fourth-order valence-corrected chi connectivity index (χ4v) is 7.01. The van der Waals surface area contributed by atoms with Crippen molar-refractivity contribution in [2.75, 3.05) is 7.11 Å². The van der Waals surface area contributed by atoms with Crippen molar-refractivity contribution in [3.05, 3.63) is 130 Å². The SMILES string of the molecule is CO/C1=C2\CC(C)(C)/C(=C/C3=NC(=C\C4CC(C)(C)C(/C=C5N=C1C=C\5c1ccc(C)cc1)N4)/C=C3c1ccc(C)cc1)N2. The lowest BCUT2D eigenvalue weighted by molar-refractivity contribution is 0.307. The fraction of sp³-hybridized carbons (Fsp3) is 0.333. The first-order chi connectivity index (χ1) is 21.0. The van der Waals surface area contributed by atoms with E-state index in [1.807, 2.05) is 0 Å². The van der Waals surface area contributed by atoms with Crippen LogP contribution in [0.3, 0.4) is 0 Å². The first kappa shape index (κ1) is 28.5. The molecule has 2 unspecified atom stereocenters. The summed E-state index contributed by atoms with van der Waals surface area (Å²) in [5.41, 5.74) is 13.0. The smallest absolute Gasteiger partial charge is 0.163 e. The molecule has 0 aliphatic carbocycles. The average molecular weight is 583 g/mol. The summed E-state index contributed by atoms with van der Waals surface area (Å²) in [6, 6.07) is 17.8. The summed E-state index contributed by atoms with van der Waals surface area (Å²) in [6.07, 6.45) is 13.1. The number of allylic oxidation sites excluding steroid dienone is 7. The highest BCUT2D eigenvalue weighted by molar-refractivity contribution is 6.32. The summed E-state index contributed by atoms with van der Waals surface area (Å²) in [6.45, 7) is 13.5. The van der Waals surface area contributed by atoms with Crippen LogP contribution in [0.15, 0.2) is 117 Å². The first-order valence-electron chi connectivity index (χ1n) is 15.7. The van der Waals surface area contributed by atoms with Gasteiger partial charge in [0.2, 0.25) is 0 Å². The van der Waals surface area contributed by atoms with Crippen molar-refractivity contribution < 1.29 is 4.74 Å². The van der Waals surface area contributed by atoms with E-state index in [4.69, 9.17) is 14.7 Å². The Morgan fingerprint density at radius 2 is 1.43 bits per heavy atom. The predicted molar refractivity (Wildman–Crippen MR) is 182 cm³/mol. The van der Waals surface area contributed by atoms with Gasteiger partial charge in [-0.05, 0) is 67.2 Å². The Labute approximate surface area is 261 Å². The minimum Gasteiger partial charge on any atom is -0.493 e. The summed E-state index contributed by atoms with van der Waals surface area (Å²) in [5.74, 6) is 0.793. The van der Waals surface area contributed by atoms with Gasteiger partial charge in [0.25, 0.3) is 0 Å². The summed E-state index contributed by atoms with van der Waals surface area (Å²) in [7, 11) is 1.75. The molecule has 0 radical (unpaired) electrons. The molecule has 2 saturated heterocycles. The molecule has 5 nitrogen and oxygen atoms in total. The summed E-state index contributed by atoms with van der Waals surface area (Å²) in [4.78, 5) is 10.5. The average Bonchev–Trinajstić information content (AvgIpc) is 3.70. The number of rotatable bonds is 3. The standard InChI is InChI=1S/C39H42N4O/c1-23-8-12-25(13-9-23)29-17-27-16-28-21-38(3,4)35(41-28)20-32-30(26-14-10-24(2)11-15-26)18-33(42-32)37(44-7)34-22-39(5,6)36(43-34)19-31(29)40-27/h8-20,28,35,41,43H,21-22H2,1-7H3/b27-16-,32-20-,36-19-,37-34+. The van der Waals surface area contributed by atoms with Crippen LogP contribution in [-0.2, 0) is 4.74 Å². The fourth-order valence-electron chi connectivity index (χ4n) is 7.01. The molecule has 7 rings (SSSR count). The van der Waals surface area contributed by atoms with E-state index < -0.39 is 0 Å². The number of ether oxygens (including phenoxy) is 1. The molecule has 8 bridgehead atoms. The maximum absolute atomic E-state index is 6.14. The number of aryl methyl sites for hydroxylation is 2. The second-order valence-electron chi connectivity index (χ2n) is 14.2. The van der Waals surface area contributed by atoms with E-state index in [0.29, 0.717) is 0 Å². The topological polar surface area (TPSA) is 58.0 Å². The number of nitrogens with one attached hydrogen (secondary N) is 2. The normalized spacial score (nSPS) is 30.1. The number of methoxy groups -OCH3 is 1. The van der Waals surface area contributed by atoms with Crippen molar-refractivity contribution >= 4 is 22.6 Å².